The molecule has 0 bridgehead atoms. The zero-order valence-electron chi connectivity index (χ0n) is 29.8. The molecule has 1 N–H and O–H groups in total. The van der Waals surface area contributed by atoms with Gasteiger partial charge < -0.3 is 38.6 Å². The molecule has 3 aliphatic heterocycles. The second-order valence-electron chi connectivity index (χ2n) is 13.8. The van der Waals surface area contributed by atoms with Crippen LogP contribution in [0.5, 0.6) is 0 Å². The Hall–Kier alpha value is -3.30. The molecule has 0 saturated carbocycles. The summed E-state index contributed by atoms with van der Waals surface area (Å²) in [6, 6.07) is 11.2. The molecule has 2 aromatic carbocycles. The molecule has 2 amide bonds. The Morgan fingerprint density at radius 3 is 1.75 bits per heavy atom. The lowest BCUT2D eigenvalue weighted by molar-refractivity contribution is -0.0908. The first kappa shape index (κ1) is 48.7. The average molecular weight is 759 g/mol. The van der Waals surface area contributed by atoms with Crippen LogP contribution < -0.4 is 0 Å². The summed E-state index contributed by atoms with van der Waals surface area (Å²) in [7, 11) is 0. The first-order chi connectivity index (χ1) is 23.0. The van der Waals surface area contributed by atoms with Crippen LogP contribution in [0.25, 0.3) is 0 Å². The third-order valence-electron chi connectivity index (χ3n) is 7.23. The molecule has 3 fully saturated rings. The second-order valence-corrected chi connectivity index (χ2v) is 13.8. The van der Waals surface area contributed by atoms with Gasteiger partial charge in [-0.05, 0) is 84.2 Å². The summed E-state index contributed by atoms with van der Waals surface area (Å²) in [5, 5.41) is 10.3. The monoisotopic (exact) mass is 758 g/mol. The molecule has 3 saturated heterocycles. The molecule has 52 heavy (non-hydrogen) atoms. The van der Waals surface area contributed by atoms with Gasteiger partial charge in [0.15, 0.2) is 5.78 Å². The smallest absolute Gasteiger partial charge is 0.410 e. The fourth-order valence-corrected chi connectivity index (χ4v) is 4.90. The number of aliphatic hydroxyl groups excluding tert-OH is 1. The molecule has 0 radical (unpaired) electrons. The van der Waals surface area contributed by atoms with Crippen molar-refractivity contribution in [1.29, 1.82) is 0 Å². The molecule has 3 aliphatic rings. The lowest BCUT2D eigenvalue weighted by Crippen LogP contribution is -2.50. The minimum atomic E-state index is -0.999. The van der Waals surface area contributed by atoms with Gasteiger partial charge in [0.1, 0.15) is 41.1 Å². The lowest BCUT2D eigenvalue weighted by atomic mass is 10.0. The van der Waals surface area contributed by atoms with E-state index in [1.54, 1.807) is 47.6 Å². The largest absolute Gasteiger partial charge is 0.444 e. The van der Waals surface area contributed by atoms with E-state index in [9.17, 15) is 28.3 Å². The molecule has 296 valence electrons. The standard InChI is InChI=1S/C16H22FNO4.C16H20FNO4.C4H8O.2CH4.H2S/c2*1-16(2,3)22-15(20)18-7-8-21-13(10-18)14(19)11-5-4-6-12(17)9-11;1-2-4-5-3-1;;;/h4-6,9,13-14,19H,7-8,10H2,1-3H3;4-6,9,13H,7-8,10H2,1-3H3;1-4H2;2*1H4;1H2/t13-,14+;13-;;;;/m00..../s1. The zero-order valence-corrected chi connectivity index (χ0v) is 30.8. The number of ketones is 1. The first-order valence-corrected chi connectivity index (χ1v) is 16.5. The van der Waals surface area contributed by atoms with Gasteiger partial charge in [0, 0.05) is 31.9 Å². The Bertz CT molecular complexity index is 1380. The van der Waals surface area contributed by atoms with Crippen molar-refractivity contribution in [3.05, 3.63) is 71.3 Å². The Labute approximate surface area is 315 Å². The predicted molar refractivity (Wildman–Crippen MR) is 201 cm³/mol. The number of halogens is 2. The van der Waals surface area contributed by atoms with Gasteiger partial charge in [0.2, 0.25) is 0 Å². The van der Waals surface area contributed by atoms with Gasteiger partial charge in [-0.3, -0.25) is 4.79 Å². The minimum absolute atomic E-state index is 0. The maximum absolute atomic E-state index is 13.2. The average Bonchev–Trinajstić information content (AvgIpc) is 3.64. The van der Waals surface area contributed by atoms with Gasteiger partial charge in [-0.15, -0.1) is 0 Å². The van der Waals surface area contributed by atoms with Gasteiger partial charge in [0.05, 0.1) is 26.3 Å². The molecule has 3 heterocycles. The van der Waals surface area contributed by atoms with Crippen molar-refractivity contribution in [2.45, 2.75) is 98.8 Å². The number of hydrogen-bond donors (Lipinski definition) is 1. The van der Waals surface area contributed by atoms with Gasteiger partial charge in [-0.1, -0.05) is 39.1 Å². The van der Waals surface area contributed by atoms with Gasteiger partial charge in [-0.25, -0.2) is 18.4 Å². The van der Waals surface area contributed by atoms with Gasteiger partial charge in [-0.2, -0.15) is 13.5 Å². The SMILES string of the molecule is C.C.C1CCOC1.CC(C)(C)OC(=O)N1CCO[C@H](C(=O)c2cccc(F)c2)C1.CC(C)(C)OC(=O)N1CCO[C@H]([C@H](O)c2cccc(F)c2)C1.S. The molecule has 0 unspecified atom stereocenters. The van der Waals surface area contributed by atoms with Crippen molar-refractivity contribution >= 4 is 31.5 Å². The van der Waals surface area contributed by atoms with E-state index < -0.39 is 53.3 Å². The Morgan fingerprint density at radius 2 is 1.27 bits per heavy atom. The third kappa shape index (κ3) is 17.0. The van der Waals surface area contributed by atoms with Gasteiger partial charge in [0.25, 0.3) is 0 Å². The normalized spacial score (nSPS) is 19.0. The van der Waals surface area contributed by atoms with Crippen molar-refractivity contribution < 1.29 is 52.0 Å². The number of aliphatic hydroxyl groups is 1. The first-order valence-electron chi connectivity index (χ1n) is 16.5. The van der Waals surface area contributed by atoms with Crippen LogP contribution in [0.2, 0.25) is 0 Å². The van der Waals surface area contributed by atoms with Crippen molar-refractivity contribution in [3.8, 4) is 0 Å². The van der Waals surface area contributed by atoms with Crippen molar-refractivity contribution in [2.75, 3.05) is 52.6 Å². The summed E-state index contributed by atoms with van der Waals surface area (Å²) in [5.74, 6) is -1.24. The number of nitrogens with zero attached hydrogens (tertiary/aromatic N) is 2. The number of carbonyl (C=O) groups excluding carboxylic acids is 3. The van der Waals surface area contributed by atoms with Crippen LogP contribution >= 0.6 is 13.5 Å². The molecule has 2 aromatic rings. The van der Waals surface area contributed by atoms with E-state index in [0.29, 0.717) is 25.3 Å². The predicted octanol–water partition coefficient (Wildman–Crippen LogP) is 7.32. The number of morpholine rings is 2. The minimum Gasteiger partial charge on any atom is -0.444 e. The van der Waals surface area contributed by atoms with Crippen LogP contribution in [0, 0.1) is 11.6 Å². The molecular formula is C38H60F2N2O9S. The summed E-state index contributed by atoms with van der Waals surface area (Å²) < 4.78 is 53.0. The summed E-state index contributed by atoms with van der Waals surface area (Å²) in [6.45, 7) is 14.3. The molecule has 3 atom stereocenters. The Balaban J connectivity index is 0.000000836. The molecule has 0 aromatic heterocycles. The van der Waals surface area contributed by atoms with Crippen LogP contribution in [-0.4, -0.2) is 109 Å². The summed E-state index contributed by atoms with van der Waals surface area (Å²) >= 11 is 0. The van der Waals surface area contributed by atoms with Crippen molar-refractivity contribution in [2.24, 2.45) is 0 Å². The Kier molecular flexibility index (Phi) is 21.3. The fourth-order valence-electron chi connectivity index (χ4n) is 4.90. The molecule has 0 aliphatic carbocycles. The summed E-state index contributed by atoms with van der Waals surface area (Å²) in [6.07, 6.45) is -0.771. The van der Waals surface area contributed by atoms with E-state index in [1.807, 2.05) is 0 Å². The quantitative estimate of drug-likeness (QED) is 0.320. The number of rotatable bonds is 4. The topological polar surface area (TPSA) is 124 Å². The highest BCUT2D eigenvalue weighted by Crippen LogP contribution is 2.24. The fraction of sp³-hybridized carbons (Fsp3) is 0.605. The maximum atomic E-state index is 13.2. The highest BCUT2D eigenvalue weighted by atomic mass is 32.1. The van der Waals surface area contributed by atoms with E-state index in [4.69, 9.17) is 23.7 Å². The van der Waals surface area contributed by atoms with Crippen LogP contribution in [-0.2, 0) is 23.7 Å². The number of benzene rings is 2. The van der Waals surface area contributed by atoms with Crippen LogP contribution in [0.4, 0.5) is 18.4 Å². The van der Waals surface area contributed by atoms with Crippen LogP contribution in [0.3, 0.4) is 0 Å². The van der Waals surface area contributed by atoms with Crippen LogP contribution in [0.1, 0.15) is 91.3 Å². The molecule has 14 heteroatoms. The summed E-state index contributed by atoms with van der Waals surface area (Å²) in [5.41, 5.74) is -0.518. The van der Waals surface area contributed by atoms with E-state index in [1.165, 1.54) is 59.0 Å². The lowest BCUT2D eigenvalue weighted by Gasteiger charge is -2.36. The van der Waals surface area contributed by atoms with E-state index in [-0.39, 0.29) is 59.4 Å². The van der Waals surface area contributed by atoms with Crippen LogP contribution in [0.15, 0.2) is 48.5 Å². The van der Waals surface area contributed by atoms with Crippen molar-refractivity contribution in [3.63, 3.8) is 0 Å². The summed E-state index contributed by atoms with van der Waals surface area (Å²) in [4.78, 5) is 39.4. The molecular weight excluding hydrogens is 698 g/mol. The van der Waals surface area contributed by atoms with E-state index in [2.05, 4.69) is 0 Å². The highest BCUT2D eigenvalue weighted by Gasteiger charge is 2.34. The third-order valence-corrected chi connectivity index (χ3v) is 7.23. The molecule has 5 rings (SSSR count). The number of hydrogen-bond acceptors (Lipinski definition) is 9. The Morgan fingerprint density at radius 1 is 0.769 bits per heavy atom. The number of Topliss-reactive ketones (excluding diaryl/α,β-unsaturated/α-hetero) is 1. The van der Waals surface area contributed by atoms with E-state index in [0.717, 1.165) is 19.3 Å². The van der Waals surface area contributed by atoms with Gasteiger partial charge >= 0.3 is 12.2 Å². The maximum Gasteiger partial charge on any atom is 0.410 e. The van der Waals surface area contributed by atoms with E-state index >= 15 is 0 Å². The number of carbonyl (C=O) groups is 3. The van der Waals surface area contributed by atoms with Crippen molar-refractivity contribution in [1.82, 2.24) is 9.80 Å². The zero-order chi connectivity index (χ0) is 36.2. The molecule has 0 spiro atoms. The second kappa shape index (κ2) is 22.7. The molecule has 11 nitrogen and oxygen atoms in total. The number of ether oxygens (including phenoxy) is 5. The number of amides is 2. The highest BCUT2D eigenvalue weighted by molar-refractivity contribution is 7.59.